The Hall–Kier alpha value is -1.28. The molecule has 1 heterocycles. The number of rotatable bonds is 7. The zero-order chi connectivity index (χ0) is 15.3. The Morgan fingerprint density at radius 1 is 1.29 bits per heavy atom. The van der Waals surface area contributed by atoms with Crippen LogP contribution < -0.4 is 10.5 Å². The van der Waals surface area contributed by atoms with Gasteiger partial charge in [0.1, 0.15) is 0 Å². The van der Waals surface area contributed by atoms with E-state index in [0.717, 1.165) is 28.3 Å². The van der Waals surface area contributed by atoms with Crippen LogP contribution in [0.5, 0.6) is 0 Å². The summed E-state index contributed by atoms with van der Waals surface area (Å²) in [5, 5.41) is 0.924. The molecule has 114 valence electrons. The Kier molecular flexibility index (Phi) is 5.46. The normalized spacial score (nSPS) is 11.7. The fourth-order valence-electron chi connectivity index (χ4n) is 1.88. The predicted octanol–water partition coefficient (Wildman–Crippen LogP) is 1.82. The number of sulfonamides is 1. The third kappa shape index (κ3) is 4.60. The SMILES string of the molecule is Cc1ncc(CNS(=O)(=O)c2ccc(CCCN)cc2)s1. The van der Waals surface area contributed by atoms with Crippen LogP contribution in [0.25, 0.3) is 0 Å². The number of hydrogen-bond acceptors (Lipinski definition) is 5. The van der Waals surface area contributed by atoms with Crippen LogP contribution in [0.2, 0.25) is 0 Å². The number of aryl methyl sites for hydroxylation is 2. The summed E-state index contributed by atoms with van der Waals surface area (Å²) in [6.45, 7) is 2.79. The summed E-state index contributed by atoms with van der Waals surface area (Å²) in [6.07, 6.45) is 3.46. The molecule has 2 aromatic rings. The Morgan fingerprint density at radius 3 is 2.57 bits per heavy atom. The molecule has 5 nitrogen and oxygen atoms in total. The van der Waals surface area contributed by atoms with Crippen LogP contribution in [0.3, 0.4) is 0 Å². The van der Waals surface area contributed by atoms with Gasteiger partial charge >= 0.3 is 0 Å². The molecule has 0 aliphatic carbocycles. The van der Waals surface area contributed by atoms with E-state index in [9.17, 15) is 8.42 Å². The van der Waals surface area contributed by atoms with Crippen molar-refractivity contribution < 1.29 is 8.42 Å². The van der Waals surface area contributed by atoms with Gasteiger partial charge < -0.3 is 5.73 Å². The summed E-state index contributed by atoms with van der Waals surface area (Å²) < 4.78 is 27.0. The Balaban J connectivity index is 2.01. The van der Waals surface area contributed by atoms with Crippen LogP contribution in [-0.4, -0.2) is 19.9 Å². The molecule has 0 aliphatic heterocycles. The van der Waals surface area contributed by atoms with Crippen molar-refractivity contribution in [2.75, 3.05) is 6.54 Å². The van der Waals surface area contributed by atoms with E-state index in [0.29, 0.717) is 6.54 Å². The second-order valence-electron chi connectivity index (χ2n) is 4.71. The first kappa shape index (κ1) is 16.1. The molecule has 3 N–H and O–H groups in total. The lowest BCUT2D eigenvalue weighted by atomic mass is 10.1. The van der Waals surface area contributed by atoms with Crippen molar-refractivity contribution in [3.05, 3.63) is 45.9 Å². The number of hydrogen-bond donors (Lipinski definition) is 2. The zero-order valence-electron chi connectivity index (χ0n) is 11.9. The van der Waals surface area contributed by atoms with E-state index in [4.69, 9.17) is 5.73 Å². The highest BCUT2D eigenvalue weighted by molar-refractivity contribution is 7.89. The van der Waals surface area contributed by atoms with Crippen molar-refractivity contribution in [3.63, 3.8) is 0 Å². The monoisotopic (exact) mass is 325 g/mol. The minimum absolute atomic E-state index is 0.267. The first-order valence-electron chi connectivity index (χ1n) is 6.71. The van der Waals surface area contributed by atoms with Gasteiger partial charge in [-0.1, -0.05) is 12.1 Å². The van der Waals surface area contributed by atoms with E-state index >= 15 is 0 Å². The fourth-order valence-corrected chi connectivity index (χ4v) is 3.71. The molecule has 21 heavy (non-hydrogen) atoms. The maximum absolute atomic E-state index is 12.2. The van der Waals surface area contributed by atoms with Crippen LogP contribution in [0, 0.1) is 6.92 Å². The van der Waals surface area contributed by atoms with Gasteiger partial charge in [-0.25, -0.2) is 18.1 Å². The molecule has 0 spiro atoms. The fraction of sp³-hybridized carbons (Fsp3) is 0.357. The molecule has 0 radical (unpaired) electrons. The largest absolute Gasteiger partial charge is 0.330 e. The Labute approximate surface area is 129 Å². The van der Waals surface area contributed by atoms with Gasteiger partial charge in [-0.05, 0) is 44.0 Å². The number of thiazole rings is 1. The lowest BCUT2D eigenvalue weighted by Gasteiger charge is -2.06. The number of nitrogens with two attached hydrogens (primary N) is 1. The summed E-state index contributed by atoms with van der Waals surface area (Å²) >= 11 is 1.49. The van der Waals surface area contributed by atoms with Gasteiger partial charge in [-0.2, -0.15) is 0 Å². The summed E-state index contributed by atoms with van der Waals surface area (Å²) in [4.78, 5) is 5.28. The van der Waals surface area contributed by atoms with Crippen molar-refractivity contribution in [2.24, 2.45) is 5.73 Å². The summed E-state index contributed by atoms with van der Waals surface area (Å²) in [6, 6.07) is 6.93. The maximum Gasteiger partial charge on any atom is 0.240 e. The van der Waals surface area contributed by atoms with Gasteiger partial charge in [-0.3, -0.25) is 0 Å². The first-order valence-corrected chi connectivity index (χ1v) is 9.01. The number of nitrogens with zero attached hydrogens (tertiary/aromatic N) is 1. The second kappa shape index (κ2) is 7.13. The van der Waals surface area contributed by atoms with Gasteiger partial charge in [0.05, 0.1) is 9.90 Å². The van der Waals surface area contributed by atoms with Crippen LogP contribution in [0.15, 0.2) is 35.4 Å². The van der Waals surface area contributed by atoms with Crippen LogP contribution >= 0.6 is 11.3 Å². The van der Waals surface area contributed by atoms with Gasteiger partial charge in [-0.15, -0.1) is 11.3 Å². The van der Waals surface area contributed by atoms with Gasteiger partial charge in [0.25, 0.3) is 0 Å². The standard InChI is InChI=1S/C14H19N3O2S2/c1-11-16-9-13(20-11)10-17-21(18,19)14-6-4-12(5-7-14)3-2-8-15/h4-7,9,17H,2-3,8,10,15H2,1H3. The van der Waals surface area contributed by atoms with Crippen molar-refractivity contribution in [2.45, 2.75) is 31.2 Å². The maximum atomic E-state index is 12.2. The zero-order valence-corrected chi connectivity index (χ0v) is 13.5. The van der Waals surface area contributed by atoms with Crippen molar-refractivity contribution >= 4 is 21.4 Å². The number of nitrogens with one attached hydrogen (secondary N) is 1. The minimum Gasteiger partial charge on any atom is -0.330 e. The van der Waals surface area contributed by atoms with Crippen molar-refractivity contribution in [1.29, 1.82) is 0 Å². The quantitative estimate of drug-likeness (QED) is 0.813. The van der Waals surface area contributed by atoms with Crippen LogP contribution in [0.4, 0.5) is 0 Å². The highest BCUT2D eigenvalue weighted by Crippen LogP contribution is 2.15. The summed E-state index contributed by atoms with van der Waals surface area (Å²) in [7, 11) is -3.48. The number of benzene rings is 1. The molecule has 0 saturated carbocycles. The molecule has 1 aromatic carbocycles. The minimum atomic E-state index is -3.48. The average Bonchev–Trinajstić information content (AvgIpc) is 2.89. The molecule has 7 heteroatoms. The number of aromatic nitrogens is 1. The van der Waals surface area contributed by atoms with Gasteiger partial charge in [0, 0.05) is 17.6 Å². The lowest BCUT2D eigenvalue weighted by molar-refractivity contribution is 0.581. The van der Waals surface area contributed by atoms with E-state index in [2.05, 4.69) is 9.71 Å². The molecule has 2 rings (SSSR count). The van der Waals surface area contributed by atoms with Crippen LogP contribution in [-0.2, 0) is 23.0 Å². The van der Waals surface area contributed by atoms with E-state index < -0.39 is 10.0 Å². The Bertz CT molecular complexity index is 678. The summed E-state index contributed by atoms with van der Waals surface area (Å²) in [5.74, 6) is 0. The van der Waals surface area contributed by atoms with E-state index in [1.54, 1.807) is 18.3 Å². The average molecular weight is 325 g/mol. The Morgan fingerprint density at radius 2 is 2.00 bits per heavy atom. The van der Waals surface area contributed by atoms with Gasteiger partial charge in [0.2, 0.25) is 10.0 Å². The molecule has 1 aromatic heterocycles. The molecule has 0 aliphatic rings. The van der Waals surface area contributed by atoms with Crippen molar-refractivity contribution in [1.82, 2.24) is 9.71 Å². The third-order valence-corrected chi connectivity index (χ3v) is 5.34. The highest BCUT2D eigenvalue weighted by Gasteiger charge is 2.14. The van der Waals surface area contributed by atoms with E-state index in [1.165, 1.54) is 11.3 Å². The molecular formula is C14H19N3O2S2. The second-order valence-corrected chi connectivity index (χ2v) is 7.79. The van der Waals surface area contributed by atoms with E-state index in [-0.39, 0.29) is 11.4 Å². The molecule has 0 atom stereocenters. The smallest absolute Gasteiger partial charge is 0.240 e. The topological polar surface area (TPSA) is 85.1 Å². The van der Waals surface area contributed by atoms with Crippen molar-refractivity contribution in [3.8, 4) is 0 Å². The molecule has 0 saturated heterocycles. The highest BCUT2D eigenvalue weighted by atomic mass is 32.2. The molecule has 0 amide bonds. The molecule has 0 bridgehead atoms. The van der Waals surface area contributed by atoms with Gasteiger partial charge in [0.15, 0.2) is 0 Å². The predicted molar refractivity (Wildman–Crippen MR) is 84.7 cm³/mol. The third-order valence-electron chi connectivity index (χ3n) is 3.01. The molecule has 0 fully saturated rings. The molecule has 0 unspecified atom stereocenters. The lowest BCUT2D eigenvalue weighted by Crippen LogP contribution is -2.22. The summed E-state index contributed by atoms with van der Waals surface area (Å²) in [5.41, 5.74) is 6.56. The van der Waals surface area contributed by atoms with Crippen LogP contribution in [0.1, 0.15) is 21.9 Å². The molecular weight excluding hydrogens is 306 g/mol. The van der Waals surface area contributed by atoms with E-state index in [1.807, 2.05) is 19.1 Å². The first-order chi connectivity index (χ1) is 10.0.